The molecule has 0 aromatic heterocycles. The topological polar surface area (TPSA) is 69.6 Å². The summed E-state index contributed by atoms with van der Waals surface area (Å²) in [5.74, 6) is -0.484. The van der Waals surface area contributed by atoms with Crippen molar-refractivity contribution in [2.24, 2.45) is 11.3 Å². The maximum atomic E-state index is 10.3. The van der Waals surface area contributed by atoms with Gasteiger partial charge in [0.05, 0.1) is 12.5 Å². The largest absolute Gasteiger partial charge is 0.481 e. The van der Waals surface area contributed by atoms with E-state index in [9.17, 15) is 9.90 Å². The van der Waals surface area contributed by atoms with Crippen LogP contribution in [0.2, 0.25) is 0 Å². The summed E-state index contributed by atoms with van der Waals surface area (Å²) >= 11 is 0. The quantitative estimate of drug-likeness (QED) is 0.623. The molecule has 0 spiro atoms. The Labute approximate surface area is 91.7 Å². The van der Waals surface area contributed by atoms with Gasteiger partial charge < -0.3 is 15.5 Å². The fourth-order valence-corrected chi connectivity index (χ4v) is 1.05. The number of carboxylic acid groups (broad SMARTS) is 1. The van der Waals surface area contributed by atoms with E-state index in [0.29, 0.717) is 12.5 Å². The van der Waals surface area contributed by atoms with Gasteiger partial charge in [-0.2, -0.15) is 0 Å². The van der Waals surface area contributed by atoms with Gasteiger partial charge in [0, 0.05) is 6.54 Å². The number of carbonyl (C=O) groups is 1. The third kappa shape index (κ3) is 7.33. The molecule has 2 unspecified atom stereocenters. The molecule has 0 rings (SSSR count). The van der Waals surface area contributed by atoms with Crippen LogP contribution in [0.25, 0.3) is 0 Å². The molecule has 4 nitrogen and oxygen atoms in total. The number of aliphatic hydroxyl groups is 1. The molecular formula is C11H23NO3. The van der Waals surface area contributed by atoms with Crippen molar-refractivity contribution in [1.29, 1.82) is 0 Å². The molecule has 0 aromatic rings. The van der Waals surface area contributed by atoms with Crippen LogP contribution in [0.4, 0.5) is 0 Å². The minimum atomic E-state index is -0.965. The monoisotopic (exact) mass is 217 g/mol. The zero-order chi connectivity index (χ0) is 12.1. The van der Waals surface area contributed by atoms with Crippen LogP contribution in [0.3, 0.4) is 0 Å². The van der Waals surface area contributed by atoms with Crippen molar-refractivity contribution in [3.8, 4) is 0 Å². The number of hydrogen-bond acceptors (Lipinski definition) is 3. The van der Waals surface area contributed by atoms with E-state index in [1.807, 2.05) is 0 Å². The molecule has 0 aromatic carbocycles. The molecule has 0 aliphatic carbocycles. The lowest BCUT2D eigenvalue weighted by Gasteiger charge is -2.27. The molecule has 0 amide bonds. The molecule has 0 aliphatic rings. The molecule has 90 valence electrons. The highest BCUT2D eigenvalue weighted by molar-refractivity contribution is 5.67. The van der Waals surface area contributed by atoms with Gasteiger partial charge in [-0.25, -0.2) is 0 Å². The standard InChI is InChI=1S/C11H23NO3/c1-8(11(2,3)4)6-12-7-9(13)5-10(14)15/h8-9,12-13H,5-7H2,1-4H3,(H,14,15). The molecule has 4 heteroatoms. The molecule has 0 saturated carbocycles. The summed E-state index contributed by atoms with van der Waals surface area (Å²) in [4.78, 5) is 10.3. The predicted molar refractivity (Wildman–Crippen MR) is 59.7 cm³/mol. The first-order valence-corrected chi connectivity index (χ1v) is 5.34. The highest BCUT2D eigenvalue weighted by Crippen LogP contribution is 2.24. The Morgan fingerprint density at radius 3 is 2.27 bits per heavy atom. The highest BCUT2D eigenvalue weighted by Gasteiger charge is 2.19. The van der Waals surface area contributed by atoms with E-state index in [1.54, 1.807) is 0 Å². The van der Waals surface area contributed by atoms with Crippen LogP contribution in [0, 0.1) is 11.3 Å². The van der Waals surface area contributed by atoms with Crippen LogP contribution < -0.4 is 5.32 Å². The Bertz CT molecular complexity index is 198. The van der Waals surface area contributed by atoms with Crippen molar-refractivity contribution >= 4 is 5.97 Å². The Morgan fingerprint density at radius 2 is 1.87 bits per heavy atom. The highest BCUT2D eigenvalue weighted by atomic mass is 16.4. The lowest BCUT2D eigenvalue weighted by Crippen LogP contribution is -2.35. The van der Waals surface area contributed by atoms with E-state index in [2.05, 4.69) is 33.0 Å². The normalized spacial score (nSPS) is 16.1. The summed E-state index contributed by atoms with van der Waals surface area (Å²) in [6, 6.07) is 0. The number of hydrogen-bond donors (Lipinski definition) is 3. The van der Waals surface area contributed by atoms with Gasteiger partial charge in [0.25, 0.3) is 0 Å². The van der Waals surface area contributed by atoms with E-state index in [4.69, 9.17) is 5.11 Å². The van der Waals surface area contributed by atoms with Crippen molar-refractivity contribution in [2.75, 3.05) is 13.1 Å². The Balaban J connectivity index is 3.66. The minimum absolute atomic E-state index is 0.198. The van der Waals surface area contributed by atoms with Gasteiger partial charge in [-0.05, 0) is 17.9 Å². The van der Waals surface area contributed by atoms with E-state index < -0.39 is 12.1 Å². The fraction of sp³-hybridized carbons (Fsp3) is 0.909. The summed E-state index contributed by atoms with van der Waals surface area (Å²) in [5, 5.41) is 20.8. The second-order valence-corrected chi connectivity index (χ2v) is 5.18. The smallest absolute Gasteiger partial charge is 0.306 e. The first kappa shape index (κ1) is 14.4. The summed E-state index contributed by atoms with van der Waals surface area (Å²) in [6.07, 6.45) is -0.994. The van der Waals surface area contributed by atoms with Crippen LogP contribution in [-0.2, 0) is 4.79 Å². The molecule has 0 radical (unpaired) electrons. The molecule has 2 atom stereocenters. The Hall–Kier alpha value is -0.610. The van der Waals surface area contributed by atoms with E-state index in [-0.39, 0.29) is 11.8 Å². The molecule has 0 bridgehead atoms. The van der Waals surface area contributed by atoms with Gasteiger partial charge in [0.2, 0.25) is 0 Å². The molecule has 0 saturated heterocycles. The minimum Gasteiger partial charge on any atom is -0.481 e. The van der Waals surface area contributed by atoms with Gasteiger partial charge >= 0.3 is 5.97 Å². The van der Waals surface area contributed by atoms with Gasteiger partial charge in [0.1, 0.15) is 0 Å². The number of aliphatic carboxylic acids is 1. The number of aliphatic hydroxyl groups excluding tert-OH is 1. The SMILES string of the molecule is CC(CNCC(O)CC(=O)O)C(C)(C)C. The molecule has 15 heavy (non-hydrogen) atoms. The second kappa shape index (κ2) is 6.08. The summed E-state index contributed by atoms with van der Waals surface area (Å²) in [5.41, 5.74) is 0.227. The van der Waals surface area contributed by atoms with Crippen molar-refractivity contribution in [1.82, 2.24) is 5.32 Å². The van der Waals surface area contributed by atoms with Crippen molar-refractivity contribution in [3.05, 3.63) is 0 Å². The second-order valence-electron chi connectivity index (χ2n) is 5.18. The Kier molecular flexibility index (Phi) is 5.83. The summed E-state index contributed by atoms with van der Waals surface area (Å²) in [6.45, 7) is 9.75. The maximum absolute atomic E-state index is 10.3. The molecular weight excluding hydrogens is 194 g/mol. The number of carboxylic acids is 1. The molecule has 0 aliphatic heterocycles. The van der Waals surface area contributed by atoms with E-state index in [1.165, 1.54) is 0 Å². The lowest BCUT2D eigenvalue weighted by atomic mass is 9.82. The molecule has 3 N–H and O–H groups in total. The molecule has 0 heterocycles. The maximum Gasteiger partial charge on any atom is 0.306 e. The summed E-state index contributed by atoms with van der Waals surface area (Å²) < 4.78 is 0. The Morgan fingerprint density at radius 1 is 1.33 bits per heavy atom. The van der Waals surface area contributed by atoms with Crippen LogP contribution >= 0.6 is 0 Å². The fourth-order valence-electron chi connectivity index (χ4n) is 1.05. The zero-order valence-corrected chi connectivity index (χ0v) is 10.1. The van der Waals surface area contributed by atoms with E-state index in [0.717, 1.165) is 6.54 Å². The van der Waals surface area contributed by atoms with Crippen LogP contribution in [0.5, 0.6) is 0 Å². The third-order valence-electron chi connectivity index (χ3n) is 2.72. The van der Waals surface area contributed by atoms with Crippen molar-refractivity contribution in [3.63, 3.8) is 0 Å². The van der Waals surface area contributed by atoms with Crippen LogP contribution in [0.1, 0.15) is 34.1 Å². The zero-order valence-electron chi connectivity index (χ0n) is 10.1. The number of nitrogens with one attached hydrogen (secondary N) is 1. The summed E-state index contributed by atoms with van der Waals surface area (Å²) in [7, 11) is 0. The lowest BCUT2D eigenvalue weighted by molar-refractivity contribution is -0.139. The predicted octanol–water partition coefficient (Wildman–Crippen LogP) is 1.09. The average molecular weight is 217 g/mol. The third-order valence-corrected chi connectivity index (χ3v) is 2.72. The van der Waals surface area contributed by atoms with Crippen LogP contribution in [-0.4, -0.2) is 35.4 Å². The van der Waals surface area contributed by atoms with Gasteiger partial charge in [-0.3, -0.25) is 4.79 Å². The first-order chi connectivity index (χ1) is 6.73. The van der Waals surface area contributed by atoms with Gasteiger partial charge in [-0.1, -0.05) is 27.7 Å². The first-order valence-electron chi connectivity index (χ1n) is 5.34. The van der Waals surface area contributed by atoms with Crippen molar-refractivity contribution in [2.45, 2.75) is 40.2 Å². The van der Waals surface area contributed by atoms with Gasteiger partial charge in [-0.15, -0.1) is 0 Å². The van der Waals surface area contributed by atoms with E-state index >= 15 is 0 Å². The average Bonchev–Trinajstić information content (AvgIpc) is 2.00. The number of rotatable bonds is 6. The van der Waals surface area contributed by atoms with Gasteiger partial charge in [0.15, 0.2) is 0 Å². The van der Waals surface area contributed by atoms with Crippen molar-refractivity contribution < 1.29 is 15.0 Å². The molecule has 0 fully saturated rings. The van der Waals surface area contributed by atoms with Crippen LogP contribution in [0.15, 0.2) is 0 Å².